The van der Waals surface area contributed by atoms with Crippen molar-refractivity contribution in [3.8, 4) is 11.5 Å². The summed E-state index contributed by atoms with van der Waals surface area (Å²) in [4.78, 5) is 30.8. The lowest BCUT2D eigenvalue weighted by atomic mass is 9.95. The number of cyclic esters (lactones) is 1. The summed E-state index contributed by atoms with van der Waals surface area (Å²) in [5, 5.41) is 0. The van der Waals surface area contributed by atoms with Crippen LogP contribution in [0.4, 0.5) is 0 Å². The number of ether oxygens (including phenoxy) is 3. The third kappa shape index (κ3) is 6.19. The van der Waals surface area contributed by atoms with E-state index < -0.39 is 21.6 Å². The lowest BCUT2D eigenvalue weighted by Crippen LogP contribution is -2.23. The fourth-order valence-corrected chi connectivity index (χ4v) is 4.79. The second-order valence-corrected chi connectivity index (χ2v) is 15.9. The van der Waals surface area contributed by atoms with Gasteiger partial charge in [0.25, 0.3) is 0 Å². The number of hydrogen-bond acceptors (Lipinski definition) is 5. The van der Waals surface area contributed by atoms with Crippen LogP contribution in [0.2, 0.25) is 25.7 Å². The molecule has 29 heavy (non-hydrogen) atoms. The molecule has 0 saturated carbocycles. The molecule has 2 N–H and O–H groups in total. The monoisotopic (exact) mass is 442 g/mol. The summed E-state index contributed by atoms with van der Waals surface area (Å²) in [6.45, 7) is 11.0. The van der Waals surface area contributed by atoms with Crippen LogP contribution in [-0.4, -0.2) is 43.7 Å². The Morgan fingerprint density at radius 2 is 1.93 bits per heavy atom. The molecule has 0 saturated heterocycles. The first kappa shape index (κ1) is 23.7. The summed E-state index contributed by atoms with van der Waals surface area (Å²) in [6.07, 6.45) is 1.76. The number of carbonyl (C=O) groups excluding carboxylic acids is 1. The third-order valence-corrected chi connectivity index (χ3v) is 7.45. The molecule has 0 aliphatic carbocycles. The molecule has 0 fully saturated rings. The molecule has 0 atom stereocenters. The van der Waals surface area contributed by atoms with E-state index in [-0.39, 0.29) is 12.8 Å². The van der Waals surface area contributed by atoms with Crippen molar-refractivity contribution in [1.82, 2.24) is 0 Å². The first-order valence-corrected chi connectivity index (χ1v) is 15.1. The number of methoxy groups -OCH3 is 1. The predicted octanol–water partition coefficient (Wildman–Crippen LogP) is 4.06. The Balaban J connectivity index is 2.50. The van der Waals surface area contributed by atoms with Crippen molar-refractivity contribution >= 4 is 21.6 Å². The Morgan fingerprint density at radius 3 is 2.48 bits per heavy atom. The van der Waals surface area contributed by atoms with Gasteiger partial charge in [0, 0.05) is 19.2 Å². The zero-order valence-corrected chi connectivity index (χ0v) is 19.9. The molecule has 0 unspecified atom stereocenters. The second-order valence-electron chi connectivity index (χ2n) is 8.63. The van der Waals surface area contributed by atoms with Crippen molar-refractivity contribution in [2.24, 2.45) is 0 Å². The lowest BCUT2D eigenvalue weighted by molar-refractivity contribution is 0.0532. The molecule has 1 aromatic rings. The molecule has 1 aliphatic heterocycles. The van der Waals surface area contributed by atoms with Crippen molar-refractivity contribution in [3.05, 3.63) is 33.9 Å². The third-order valence-electron chi connectivity index (χ3n) is 4.83. The molecule has 0 bridgehead atoms. The molecule has 1 aromatic carbocycles. The minimum atomic E-state index is -4.14. The molecule has 0 aromatic heterocycles. The number of benzene rings is 1. The largest absolute Gasteiger partial charge is 0.496 e. The van der Waals surface area contributed by atoms with Gasteiger partial charge in [-0.25, -0.2) is 4.79 Å². The average Bonchev–Trinajstić information content (AvgIpc) is 2.94. The summed E-state index contributed by atoms with van der Waals surface area (Å²) in [5.41, 5.74) is 3.30. The first-order chi connectivity index (χ1) is 13.3. The van der Waals surface area contributed by atoms with E-state index in [1.54, 1.807) is 20.1 Å². The van der Waals surface area contributed by atoms with Crippen LogP contribution in [0.15, 0.2) is 11.6 Å². The minimum Gasteiger partial charge on any atom is -0.496 e. The van der Waals surface area contributed by atoms with E-state index in [1.165, 1.54) is 0 Å². The number of esters is 1. The smallest absolute Gasteiger partial charge is 0.342 e. The normalized spacial score (nSPS) is 14.6. The van der Waals surface area contributed by atoms with Gasteiger partial charge in [-0.15, -0.1) is 0 Å². The Labute approximate surface area is 173 Å². The summed E-state index contributed by atoms with van der Waals surface area (Å²) in [6, 6.07) is 0.930. The van der Waals surface area contributed by atoms with Crippen LogP contribution in [0.1, 0.15) is 34.0 Å². The number of carbonyl (C=O) groups is 1. The maximum absolute atomic E-state index is 12.4. The maximum Gasteiger partial charge on any atom is 0.342 e. The lowest BCUT2D eigenvalue weighted by Gasteiger charge is -2.21. The van der Waals surface area contributed by atoms with E-state index in [4.69, 9.17) is 14.2 Å². The highest BCUT2D eigenvalue weighted by molar-refractivity contribution is 7.52. The summed E-state index contributed by atoms with van der Waals surface area (Å²) < 4.78 is 28.3. The van der Waals surface area contributed by atoms with Crippen molar-refractivity contribution in [1.29, 1.82) is 0 Å². The van der Waals surface area contributed by atoms with Crippen LogP contribution in [0.25, 0.3) is 0 Å². The summed E-state index contributed by atoms with van der Waals surface area (Å²) in [7, 11) is -3.92. The standard InChI is InChI=1S/C20H31O7PSi/c1-13(12-28(22,23)24)7-8-15-18(25-3)14(2)16-11-27-20(21)17(16)19(15)26-9-10-29(4,5)6/h7H,8-12H2,1-6H3,(H2,22,23,24)/b13-7+. The fourth-order valence-electron chi connectivity index (χ4n) is 3.29. The van der Waals surface area contributed by atoms with Crippen molar-refractivity contribution < 1.29 is 33.4 Å². The molecule has 1 aliphatic rings. The quantitative estimate of drug-likeness (QED) is 0.257. The van der Waals surface area contributed by atoms with E-state index in [1.807, 2.05) is 6.92 Å². The number of fused-ring (bicyclic) bond motifs is 1. The Kier molecular flexibility index (Phi) is 7.38. The highest BCUT2D eigenvalue weighted by Gasteiger charge is 2.33. The SMILES string of the molecule is COc1c(C)c2c(c(OCC[Si](C)(C)C)c1C/C=C(\C)CP(=O)(O)O)C(=O)OC2. The van der Waals surface area contributed by atoms with Crippen molar-refractivity contribution in [2.75, 3.05) is 19.9 Å². The van der Waals surface area contributed by atoms with Gasteiger partial charge < -0.3 is 24.0 Å². The van der Waals surface area contributed by atoms with E-state index >= 15 is 0 Å². The topological polar surface area (TPSA) is 102 Å². The molecule has 1 heterocycles. The van der Waals surface area contributed by atoms with Crippen LogP contribution in [0.3, 0.4) is 0 Å². The van der Waals surface area contributed by atoms with Gasteiger partial charge in [0.2, 0.25) is 0 Å². The first-order valence-electron chi connectivity index (χ1n) is 9.56. The van der Waals surface area contributed by atoms with Gasteiger partial charge in [-0.1, -0.05) is 31.3 Å². The fraction of sp³-hybridized carbons (Fsp3) is 0.550. The van der Waals surface area contributed by atoms with Gasteiger partial charge in [0.05, 0.1) is 19.9 Å². The molecule has 0 radical (unpaired) electrons. The van der Waals surface area contributed by atoms with Crippen LogP contribution in [0.5, 0.6) is 11.5 Å². The van der Waals surface area contributed by atoms with Gasteiger partial charge in [0.15, 0.2) is 0 Å². The molecule has 9 heteroatoms. The zero-order chi connectivity index (χ0) is 22.0. The van der Waals surface area contributed by atoms with Crippen LogP contribution in [-0.2, 0) is 22.3 Å². The van der Waals surface area contributed by atoms with Crippen molar-refractivity contribution in [3.63, 3.8) is 0 Å². The van der Waals surface area contributed by atoms with Crippen LogP contribution in [0, 0.1) is 6.92 Å². The van der Waals surface area contributed by atoms with Gasteiger partial charge in [0.1, 0.15) is 23.7 Å². The number of hydrogen-bond donors (Lipinski definition) is 2. The number of rotatable bonds is 9. The molecule has 162 valence electrons. The molecule has 7 nitrogen and oxygen atoms in total. The van der Waals surface area contributed by atoms with E-state index in [2.05, 4.69) is 19.6 Å². The van der Waals surface area contributed by atoms with E-state index in [0.717, 1.165) is 17.2 Å². The van der Waals surface area contributed by atoms with Gasteiger partial charge in [-0.05, 0) is 31.9 Å². The average molecular weight is 443 g/mol. The number of allylic oxidation sites excluding steroid dienone is 2. The Morgan fingerprint density at radius 1 is 1.28 bits per heavy atom. The Bertz CT molecular complexity index is 865. The molecular formula is C20H31O7PSi. The highest BCUT2D eigenvalue weighted by atomic mass is 31.2. The predicted molar refractivity (Wildman–Crippen MR) is 115 cm³/mol. The summed E-state index contributed by atoms with van der Waals surface area (Å²) >= 11 is 0. The summed E-state index contributed by atoms with van der Waals surface area (Å²) in [5.74, 6) is 0.666. The molecule has 2 rings (SSSR count). The maximum atomic E-state index is 12.4. The van der Waals surface area contributed by atoms with Crippen LogP contribution < -0.4 is 9.47 Å². The van der Waals surface area contributed by atoms with E-state index in [9.17, 15) is 19.1 Å². The highest BCUT2D eigenvalue weighted by Crippen LogP contribution is 2.43. The van der Waals surface area contributed by atoms with Gasteiger partial charge in [-0.2, -0.15) is 0 Å². The van der Waals surface area contributed by atoms with Gasteiger partial charge in [-0.3, -0.25) is 4.57 Å². The van der Waals surface area contributed by atoms with E-state index in [0.29, 0.717) is 41.2 Å². The molecule has 0 spiro atoms. The molecule has 0 amide bonds. The minimum absolute atomic E-state index is 0.189. The van der Waals surface area contributed by atoms with Crippen molar-refractivity contribution in [2.45, 2.75) is 52.6 Å². The zero-order valence-electron chi connectivity index (χ0n) is 18.0. The van der Waals surface area contributed by atoms with Gasteiger partial charge >= 0.3 is 13.6 Å². The van der Waals surface area contributed by atoms with Crippen LogP contribution >= 0.6 is 7.60 Å². The molecular weight excluding hydrogens is 411 g/mol. The second kappa shape index (κ2) is 9.04. The Hall–Kier alpha value is -1.60.